The highest BCUT2D eigenvalue weighted by Gasteiger charge is 2.23. The number of aryl methyl sites for hydroxylation is 1. The summed E-state index contributed by atoms with van der Waals surface area (Å²) in [4.78, 5) is 5.12. The molecule has 0 bridgehead atoms. The lowest BCUT2D eigenvalue weighted by Crippen LogP contribution is -2.52. The highest BCUT2D eigenvalue weighted by atomic mass is 15.3. The van der Waals surface area contributed by atoms with E-state index in [4.69, 9.17) is 0 Å². The zero-order chi connectivity index (χ0) is 14.5. The Bertz CT molecular complexity index is 430. The van der Waals surface area contributed by atoms with Crippen LogP contribution in [0.4, 0.5) is 5.69 Å². The quantitative estimate of drug-likeness (QED) is 0.891. The van der Waals surface area contributed by atoms with Crippen molar-refractivity contribution in [3.05, 3.63) is 29.3 Å². The molecule has 0 amide bonds. The molecule has 1 fully saturated rings. The lowest BCUT2D eigenvalue weighted by atomic mass is 10.1. The molecule has 2 rings (SSSR count). The molecular formula is C17H29N3. The number of rotatable bonds is 5. The molecule has 1 aliphatic rings. The Morgan fingerprint density at radius 3 is 2.70 bits per heavy atom. The Morgan fingerprint density at radius 1 is 1.25 bits per heavy atom. The molecular weight excluding hydrogens is 246 g/mol. The zero-order valence-electron chi connectivity index (χ0n) is 13.4. The van der Waals surface area contributed by atoms with Crippen molar-refractivity contribution < 1.29 is 0 Å². The van der Waals surface area contributed by atoms with Crippen LogP contribution in [-0.2, 0) is 6.54 Å². The third kappa shape index (κ3) is 3.53. The molecule has 1 N–H and O–H groups in total. The van der Waals surface area contributed by atoms with Crippen molar-refractivity contribution in [1.82, 2.24) is 10.2 Å². The van der Waals surface area contributed by atoms with Gasteiger partial charge < -0.3 is 10.2 Å². The third-order valence-electron chi connectivity index (χ3n) is 4.31. The average Bonchev–Trinajstić information content (AvgIpc) is 2.45. The van der Waals surface area contributed by atoms with Gasteiger partial charge in [0, 0.05) is 37.9 Å². The molecule has 20 heavy (non-hydrogen) atoms. The third-order valence-corrected chi connectivity index (χ3v) is 4.31. The Balaban J connectivity index is 2.15. The number of benzene rings is 1. The number of likely N-dealkylation sites (N-methyl/N-ethyl adjacent to an activating group) is 1. The van der Waals surface area contributed by atoms with Gasteiger partial charge in [-0.15, -0.1) is 0 Å². The Morgan fingerprint density at radius 2 is 2.05 bits per heavy atom. The molecule has 3 nitrogen and oxygen atoms in total. The molecule has 0 radical (unpaired) electrons. The summed E-state index contributed by atoms with van der Waals surface area (Å²) in [5, 5.41) is 3.47. The van der Waals surface area contributed by atoms with Gasteiger partial charge in [0.25, 0.3) is 0 Å². The minimum Gasteiger partial charge on any atom is -0.368 e. The number of nitrogens with zero attached hydrogens (tertiary/aromatic N) is 2. The van der Waals surface area contributed by atoms with Gasteiger partial charge in [-0.2, -0.15) is 0 Å². The second-order valence-electron chi connectivity index (χ2n) is 5.84. The first-order chi connectivity index (χ1) is 9.65. The van der Waals surface area contributed by atoms with E-state index in [-0.39, 0.29) is 0 Å². The molecule has 1 aliphatic heterocycles. The summed E-state index contributed by atoms with van der Waals surface area (Å²) in [7, 11) is 0. The Kier molecular flexibility index (Phi) is 5.44. The molecule has 0 saturated carbocycles. The lowest BCUT2D eigenvalue weighted by molar-refractivity contribution is 0.199. The van der Waals surface area contributed by atoms with Crippen molar-refractivity contribution in [2.45, 2.75) is 40.3 Å². The summed E-state index contributed by atoms with van der Waals surface area (Å²) in [5.74, 6) is 0. The van der Waals surface area contributed by atoms with E-state index >= 15 is 0 Å². The number of hydrogen-bond acceptors (Lipinski definition) is 3. The smallest absolute Gasteiger partial charge is 0.0413 e. The molecule has 1 aromatic rings. The van der Waals surface area contributed by atoms with Crippen molar-refractivity contribution in [3.8, 4) is 0 Å². The van der Waals surface area contributed by atoms with Crippen LogP contribution in [0.3, 0.4) is 0 Å². The number of anilines is 1. The first-order valence-electron chi connectivity index (χ1n) is 7.95. The minimum atomic E-state index is 0.641. The molecule has 1 atom stereocenters. The van der Waals surface area contributed by atoms with E-state index in [1.807, 2.05) is 0 Å². The molecule has 1 heterocycles. The second-order valence-corrected chi connectivity index (χ2v) is 5.84. The summed E-state index contributed by atoms with van der Waals surface area (Å²) in [6.07, 6.45) is 0. The standard InChI is InChI=1S/C17H29N3/c1-5-18-12-16-11-14(3)7-8-17(16)20-10-9-19(6-2)15(4)13-20/h7-8,11,15,18H,5-6,9-10,12-13H2,1-4H3. The van der Waals surface area contributed by atoms with Crippen LogP contribution >= 0.6 is 0 Å². The monoisotopic (exact) mass is 275 g/mol. The van der Waals surface area contributed by atoms with Crippen molar-refractivity contribution in [1.29, 1.82) is 0 Å². The number of nitrogens with one attached hydrogen (secondary N) is 1. The molecule has 1 aromatic carbocycles. The zero-order valence-corrected chi connectivity index (χ0v) is 13.4. The maximum atomic E-state index is 3.47. The van der Waals surface area contributed by atoms with Gasteiger partial charge in [0.05, 0.1) is 0 Å². The fraction of sp³-hybridized carbons (Fsp3) is 0.647. The maximum absolute atomic E-state index is 3.47. The fourth-order valence-corrected chi connectivity index (χ4v) is 3.11. The van der Waals surface area contributed by atoms with Crippen LogP contribution in [0.1, 0.15) is 31.9 Å². The SMILES string of the molecule is CCNCc1cc(C)ccc1N1CCN(CC)C(C)C1. The molecule has 0 spiro atoms. The van der Waals surface area contributed by atoms with Crippen LogP contribution in [0.15, 0.2) is 18.2 Å². The highest BCUT2D eigenvalue weighted by Crippen LogP contribution is 2.24. The average molecular weight is 275 g/mol. The van der Waals surface area contributed by atoms with E-state index in [1.165, 1.54) is 23.4 Å². The van der Waals surface area contributed by atoms with Gasteiger partial charge in [-0.05, 0) is 38.6 Å². The molecule has 0 aliphatic carbocycles. The molecule has 0 aromatic heterocycles. The van der Waals surface area contributed by atoms with Gasteiger partial charge in [-0.1, -0.05) is 31.5 Å². The van der Waals surface area contributed by atoms with Crippen molar-refractivity contribution in [2.24, 2.45) is 0 Å². The second kappa shape index (κ2) is 7.09. The molecule has 112 valence electrons. The normalized spacial score (nSPS) is 20.4. The first kappa shape index (κ1) is 15.3. The summed E-state index contributed by atoms with van der Waals surface area (Å²) in [6.45, 7) is 15.5. The summed E-state index contributed by atoms with van der Waals surface area (Å²) in [5.41, 5.74) is 4.20. The van der Waals surface area contributed by atoms with Gasteiger partial charge in [-0.25, -0.2) is 0 Å². The van der Waals surface area contributed by atoms with Gasteiger partial charge in [0.1, 0.15) is 0 Å². The van der Waals surface area contributed by atoms with Gasteiger partial charge in [0.15, 0.2) is 0 Å². The van der Waals surface area contributed by atoms with Crippen LogP contribution in [0.5, 0.6) is 0 Å². The van der Waals surface area contributed by atoms with Gasteiger partial charge in [-0.3, -0.25) is 4.90 Å². The van der Waals surface area contributed by atoms with E-state index in [9.17, 15) is 0 Å². The van der Waals surface area contributed by atoms with Crippen molar-refractivity contribution >= 4 is 5.69 Å². The minimum absolute atomic E-state index is 0.641. The van der Waals surface area contributed by atoms with Crippen LogP contribution in [-0.4, -0.2) is 43.7 Å². The lowest BCUT2D eigenvalue weighted by Gasteiger charge is -2.41. The van der Waals surface area contributed by atoms with E-state index in [0.29, 0.717) is 6.04 Å². The van der Waals surface area contributed by atoms with Crippen LogP contribution in [0, 0.1) is 6.92 Å². The fourth-order valence-electron chi connectivity index (χ4n) is 3.11. The van der Waals surface area contributed by atoms with Crippen LogP contribution in [0.2, 0.25) is 0 Å². The molecule has 1 unspecified atom stereocenters. The van der Waals surface area contributed by atoms with Gasteiger partial charge in [0.2, 0.25) is 0 Å². The van der Waals surface area contributed by atoms with E-state index in [1.54, 1.807) is 0 Å². The van der Waals surface area contributed by atoms with Gasteiger partial charge >= 0.3 is 0 Å². The molecule has 3 heteroatoms. The van der Waals surface area contributed by atoms with E-state index < -0.39 is 0 Å². The van der Waals surface area contributed by atoms with Crippen LogP contribution < -0.4 is 10.2 Å². The summed E-state index contributed by atoms with van der Waals surface area (Å²) < 4.78 is 0. The van der Waals surface area contributed by atoms with Crippen LogP contribution in [0.25, 0.3) is 0 Å². The van der Waals surface area contributed by atoms with Crippen molar-refractivity contribution in [3.63, 3.8) is 0 Å². The van der Waals surface area contributed by atoms with E-state index in [0.717, 1.165) is 32.7 Å². The van der Waals surface area contributed by atoms with E-state index in [2.05, 4.69) is 61.0 Å². The predicted molar refractivity (Wildman–Crippen MR) is 87.5 cm³/mol. The predicted octanol–water partition coefficient (Wildman–Crippen LogP) is 2.63. The topological polar surface area (TPSA) is 18.5 Å². The first-order valence-corrected chi connectivity index (χ1v) is 7.95. The van der Waals surface area contributed by atoms with Crippen molar-refractivity contribution in [2.75, 3.05) is 37.6 Å². The Labute approximate surface area is 124 Å². The number of hydrogen-bond donors (Lipinski definition) is 1. The highest BCUT2D eigenvalue weighted by molar-refractivity contribution is 5.55. The maximum Gasteiger partial charge on any atom is 0.0413 e. The Hall–Kier alpha value is -1.06. The number of piperazine rings is 1. The summed E-state index contributed by atoms with van der Waals surface area (Å²) in [6, 6.07) is 7.51. The summed E-state index contributed by atoms with van der Waals surface area (Å²) >= 11 is 0. The molecule has 1 saturated heterocycles. The largest absolute Gasteiger partial charge is 0.368 e.